The minimum Gasteiger partial charge on any atom is -0.456 e. The van der Waals surface area contributed by atoms with Crippen molar-refractivity contribution in [3.63, 3.8) is 0 Å². The molecule has 0 saturated carbocycles. The Bertz CT molecular complexity index is 3120. The number of anilines is 3. The first-order chi connectivity index (χ1) is 29.7. The SMILES string of the molecule is c1ccc(-c2ccc(-c3ccc(N(c4ccccc4)c4ccc5c(c4)Oc4cccc(-c6ccc(-c7ccccc7)cc6)c4-c4cc6ccccc6cc4-5)cc3)cc2)cc1. The Hall–Kier alpha value is -7.94. The molecule has 0 unspecified atom stereocenters. The van der Waals surface area contributed by atoms with Crippen LogP contribution in [0.1, 0.15) is 0 Å². The van der Waals surface area contributed by atoms with E-state index in [0.717, 1.165) is 61.9 Å². The summed E-state index contributed by atoms with van der Waals surface area (Å²) in [6.45, 7) is 0. The van der Waals surface area contributed by atoms with E-state index < -0.39 is 0 Å². The van der Waals surface area contributed by atoms with E-state index >= 15 is 0 Å². The zero-order valence-electron chi connectivity index (χ0n) is 32.9. The molecule has 0 N–H and O–H groups in total. The van der Waals surface area contributed by atoms with E-state index in [2.05, 4.69) is 241 Å². The molecule has 10 aromatic carbocycles. The van der Waals surface area contributed by atoms with Crippen molar-refractivity contribution in [3.8, 4) is 78.3 Å². The third-order valence-electron chi connectivity index (χ3n) is 11.7. The second-order valence-electron chi connectivity index (χ2n) is 15.3. The monoisotopic (exact) mass is 765 g/mol. The van der Waals surface area contributed by atoms with E-state index in [0.29, 0.717) is 0 Å². The largest absolute Gasteiger partial charge is 0.456 e. The average Bonchev–Trinajstić information content (AvgIpc) is 3.46. The van der Waals surface area contributed by atoms with Gasteiger partial charge in [0.2, 0.25) is 0 Å². The predicted octanol–water partition coefficient (Wildman–Crippen LogP) is 16.4. The smallest absolute Gasteiger partial charge is 0.137 e. The molecule has 10 aromatic rings. The molecule has 0 atom stereocenters. The Labute approximate surface area is 350 Å². The van der Waals surface area contributed by atoms with Crippen LogP contribution in [0, 0.1) is 0 Å². The highest BCUT2D eigenvalue weighted by Gasteiger charge is 2.26. The molecule has 60 heavy (non-hydrogen) atoms. The van der Waals surface area contributed by atoms with Gasteiger partial charge >= 0.3 is 0 Å². The van der Waals surface area contributed by atoms with Gasteiger partial charge in [-0.3, -0.25) is 0 Å². The number of para-hydroxylation sites is 1. The summed E-state index contributed by atoms with van der Waals surface area (Å²) < 4.78 is 7.12. The molecule has 0 amide bonds. The minimum absolute atomic E-state index is 0.815. The molecule has 1 aliphatic heterocycles. The standard InChI is InChI=1S/C58H39NO/c1-4-13-40(14-5-1)42-23-25-44(26-24-42)45-31-33-50(34-32-45)59(49-19-8-3-9-20-49)51-35-36-53-54-37-47-17-10-11-18-48(47)38-55(54)58-52(21-12-22-56(58)60-57(53)39-51)46-29-27-43(28-30-46)41-15-6-2-7-16-41/h1-39H. The maximum Gasteiger partial charge on any atom is 0.137 e. The fourth-order valence-electron chi connectivity index (χ4n) is 8.67. The van der Waals surface area contributed by atoms with Crippen LogP contribution in [-0.2, 0) is 0 Å². The Morgan fingerprint density at radius 1 is 0.250 bits per heavy atom. The lowest BCUT2D eigenvalue weighted by molar-refractivity contribution is 0.488. The number of hydrogen-bond donors (Lipinski definition) is 0. The maximum atomic E-state index is 7.12. The van der Waals surface area contributed by atoms with Crippen LogP contribution in [0.2, 0.25) is 0 Å². The minimum atomic E-state index is 0.815. The fourth-order valence-corrected chi connectivity index (χ4v) is 8.67. The zero-order valence-corrected chi connectivity index (χ0v) is 32.9. The van der Waals surface area contributed by atoms with Gasteiger partial charge in [-0.15, -0.1) is 0 Å². The quantitative estimate of drug-likeness (QED) is 0.160. The number of hydrogen-bond acceptors (Lipinski definition) is 2. The maximum absolute atomic E-state index is 7.12. The van der Waals surface area contributed by atoms with Crippen LogP contribution in [0.5, 0.6) is 11.5 Å². The van der Waals surface area contributed by atoms with Gasteiger partial charge in [0.15, 0.2) is 0 Å². The molecule has 2 heteroatoms. The molecule has 0 aliphatic carbocycles. The van der Waals surface area contributed by atoms with Crippen molar-refractivity contribution in [2.45, 2.75) is 0 Å². The molecule has 0 aromatic heterocycles. The number of ether oxygens (including phenoxy) is 1. The van der Waals surface area contributed by atoms with Crippen molar-refractivity contribution >= 4 is 27.8 Å². The van der Waals surface area contributed by atoms with Crippen molar-refractivity contribution in [2.24, 2.45) is 0 Å². The first-order valence-corrected chi connectivity index (χ1v) is 20.5. The van der Waals surface area contributed by atoms with Crippen LogP contribution in [0.25, 0.3) is 77.5 Å². The fraction of sp³-hybridized carbons (Fsp3) is 0. The Kier molecular flexibility index (Phi) is 8.87. The number of nitrogens with zero attached hydrogens (tertiary/aromatic N) is 1. The summed E-state index contributed by atoms with van der Waals surface area (Å²) in [5.41, 5.74) is 17.1. The Morgan fingerprint density at radius 2 is 0.700 bits per heavy atom. The van der Waals surface area contributed by atoms with Gasteiger partial charge in [-0.05, 0) is 121 Å². The van der Waals surface area contributed by atoms with Crippen LogP contribution >= 0.6 is 0 Å². The van der Waals surface area contributed by atoms with Crippen molar-refractivity contribution in [1.82, 2.24) is 0 Å². The Balaban J connectivity index is 1.01. The number of fused-ring (bicyclic) bond motifs is 6. The van der Waals surface area contributed by atoms with Crippen LogP contribution < -0.4 is 9.64 Å². The third kappa shape index (κ3) is 6.51. The van der Waals surface area contributed by atoms with Crippen molar-refractivity contribution < 1.29 is 4.74 Å². The van der Waals surface area contributed by atoms with Crippen LogP contribution in [0.4, 0.5) is 17.1 Å². The van der Waals surface area contributed by atoms with Crippen LogP contribution in [0.15, 0.2) is 237 Å². The lowest BCUT2D eigenvalue weighted by Gasteiger charge is -2.26. The summed E-state index contributed by atoms with van der Waals surface area (Å²) in [5, 5.41) is 2.39. The van der Waals surface area contributed by atoms with Gasteiger partial charge in [0.05, 0.1) is 0 Å². The average molecular weight is 766 g/mol. The lowest BCUT2D eigenvalue weighted by atomic mass is 9.87. The molecule has 0 radical (unpaired) electrons. The van der Waals surface area contributed by atoms with Gasteiger partial charge in [-0.25, -0.2) is 0 Å². The van der Waals surface area contributed by atoms with Gasteiger partial charge in [0.25, 0.3) is 0 Å². The van der Waals surface area contributed by atoms with Crippen molar-refractivity contribution in [2.75, 3.05) is 4.90 Å². The summed E-state index contributed by atoms with van der Waals surface area (Å²) in [6.07, 6.45) is 0. The lowest BCUT2D eigenvalue weighted by Crippen LogP contribution is -2.10. The molecule has 0 saturated heterocycles. The molecule has 0 bridgehead atoms. The van der Waals surface area contributed by atoms with Crippen molar-refractivity contribution in [1.29, 1.82) is 0 Å². The highest BCUT2D eigenvalue weighted by Crippen LogP contribution is 2.52. The molecular weight excluding hydrogens is 727 g/mol. The topological polar surface area (TPSA) is 12.5 Å². The highest BCUT2D eigenvalue weighted by molar-refractivity contribution is 6.03. The number of benzene rings is 10. The molecule has 0 fully saturated rings. The van der Waals surface area contributed by atoms with Gasteiger partial charge in [0, 0.05) is 34.3 Å². The van der Waals surface area contributed by atoms with E-state index in [-0.39, 0.29) is 0 Å². The van der Waals surface area contributed by atoms with Gasteiger partial charge in [0.1, 0.15) is 11.5 Å². The summed E-state index contributed by atoms with van der Waals surface area (Å²) in [4.78, 5) is 2.31. The summed E-state index contributed by atoms with van der Waals surface area (Å²) in [7, 11) is 0. The Morgan fingerprint density at radius 3 is 1.28 bits per heavy atom. The third-order valence-corrected chi connectivity index (χ3v) is 11.7. The van der Waals surface area contributed by atoms with E-state index in [1.165, 1.54) is 44.2 Å². The molecule has 1 heterocycles. The van der Waals surface area contributed by atoms with E-state index in [9.17, 15) is 0 Å². The second-order valence-corrected chi connectivity index (χ2v) is 15.3. The van der Waals surface area contributed by atoms with Gasteiger partial charge in [-0.1, -0.05) is 176 Å². The van der Waals surface area contributed by atoms with Gasteiger partial charge < -0.3 is 9.64 Å². The zero-order chi connectivity index (χ0) is 39.8. The first kappa shape index (κ1) is 35.2. The van der Waals surface area contributed by atoms with E-state index in [1.807, 2.05) is 0 Å². The number of rotatable bonds is 7. The molecule has 0 spiro atoms. The van der Waals surface area contributed by atoms with E-state index in [1.54, 1.807) is 0 Å². The first-order valence-electron chi connectivity index (χ1n) is 20.5. The highest BCUT2D eigenvalue weighted by atomic mass is 16.5. The second kappa shape index (κ2) is 15.1. The summed E-state index contributed by atoms with van der Waals surface area (Å²) >= 11 is 0. The molecule has 2 nitrogen and oxygen atoms in total. The normalized spacial score (nSPS) is 11.5. The predicted molar refractivity (Wildman–Crippen MR) is 251 cm³/mol. The van der Waals surface area contributed by atoms with Crippen LogP contribution in [0.3, 0.4) is 0 Å². The van der Waals surface area contributed by atoms with E-state index in [4.69, 9.17) is 4.74 Å². The van der Waals surface area contributed by atoms with Gasteiger partial charge in [-0.2, -0.15) is 0 Å². The summed E-state index contributed by atoms with van der Waals surface area (Å²) in [6, 6.07) is 84.6. The summed E-state index contributed by atoms with van der Waals surface area (Å²) in [5.74, 6) is 1.65. The van der Waals surface area contributed by atoms with Crippen molar-refractivity contribution in [3.05, 3.63) is 237 Å². The molecular formula is C58H39NO. The van der Waals surface area contributed by atoms with Crippen LogP contribution in [-0.4, -0.2) is 0 Å². The molecule has 1 aliphatic rings. The molecule has 282 valence electrons. The molecule has 11 rings (SSSR count).